The molecule has 0 spiro atoms. The monoisotopic (exact) mass is 624 g/mol. The van der Waals surface area contributed by atoms with Gasteiger partial charge in [-0.3, -0.25) is 9.36 Å². The Kier molecular flexibility index (Phi) is 7.20. The van der Waals surface area contributed by atoms with Crippen LogP contribution >= 0.6 is 22.9 Å². The van der Waals surface area contributed by atoms with Crippen LogP contribution in [0.1, 0.15) is 35.4 Å². The number of rotatable bonds is 6. The van der Waals surface area contributed by atoms with Crippen molar-refractivity contribution in [1.29, 1.82) is 0 Å². The van der Waals surface area contributed by atoms with Crippen molar-refractivity contribution in [3.63, 3.8) is 0 Å². The maximum Gasteiger partial charge on any atom is 0.338 e. The van der Waals surface area contributed by atoms with E-state index in [4.69, 9.17) is 35.2 Å². The minimum atomic E-state index is -0.834. The topological polar surface area (TPSA) is 92.3 Å². The second-order valence-electron chi connectivity index (χ2n) is 10.2. The maximum absolute atomic E-state index is 14.2. The number of carbonyl (C=O) groups excluding carboxylic acids is 1. The highest BCUT2D eigenvalue weighted by molar-refractivity contribution is 7.07. The summed E-state index contributed by atoms with van der Waals surface area (Å²) in [6.07, 6.45) is 1.69. The molecular formula is C34H25ClN2O6S. The van der Waals surface area contributed by atoms with E-state index in [1.54, 1.807) is 31.2 Å². The van der Waals surface area contributed by atoms with Gasteiger partial charge in [0, 0.05) is 22.2 Å². The van der Waals surface area contributed by atoms with Crippen LogP contribution in [0.2, 0.25) is 5.02 Å². The van der Waals surface area contributed by atoms with Gasteiger partial charge in [-0.1, -0.05) is 71.5 Å². The molecule has 3 aromatic carbocycles. The summed E-state index contributed by atoms with van der Waals surface area (Å²) in [5, 5.41) is 0.643. The SMILES string of the molecule is CCOC(=O)C1=C(c2ccccc2)N=c2sc(=Cc3ccc(-c4ccc(C)c(Cl)c4)o3)c(=O)n2C1c1ccc2c(c1)OCO2. The Balaban J connectivity index is 1.42. The van der Waals surface area contributed by atoms with Crippen molar-refractivity contribution in [3.05, 3.63) is 132 Å². The van der Waals surface area contributed by atoms with Crippen LogP contribution in [0.5, 0.6) is 11.5 Å². The summed E-state index contributed by atoms with van der Waals surface area (Å²) in [7, 11) is 0. The molecule has 4 heterocycles. The summed E-state index contributed by atoms with van der Waals surface area (Å²) < 4.78 is 24.7. The normalized spacial score (nSPS) is 15.7. The van der Waals surface area contributed by atoms with E-state index in [9.17, 15) is 9.59 Å². The third-order valence-electron chi connectivity index (χ3n) is 7.44. The minimum Gasteiger partial charge on any atom is -0.463 e. The number of furan rings is 1. The molecule has 0 radical (unpaired) electrons. The number of carbonyl (C=O) groups is 1. The molecule has 8 nitrogen and oxygen atoms in total. The van der Waals surface area contributed by atoms with E-state index in [0.29, 0.717) is 48.6 Å². The van der Waals surface area contributed by atoms with Crippen molar-refractivity contribution in [3.8, 4) is 22.8 Å². The number of thiazole rings is 1. The van der Waals surface area contributed by atoms with Crippen LogP contribution in [0, 0.1) is 6.92 Å². The standard InChI is InChI=1S/C34H25ClN2O6S/c1-3-40-33(39)29-30(20-7-5-4-6-8-20)36-34-37(31(29)22-11-13-26-27(16-22)42-18-41-26)32(38)28(44-34)17-23-12-14-25(43-23)21-10-9-19(2)24(35)15-21/h4-17,31H,3,18H2,1-2H3. The average molecular weight is 625 g/mol. The number of hydrogen-bond acceptors (Lipinski definition) is 8. The third kappa shape index (κ3) is 4.94. The van der Waals surface area contributed by atoms with E-state index in [1.165, 1.54) is 15.9 Å². The van der Waals surface area contributed by atoms with E-state index in [-0.39, 0.29) is 24.5 Å². The molecular weight excluding hydrogens is 600 g/mol. The first kappa shape index (κ1) is 27.9. The lowest BCUT2D eigenvalue weighted by Crippen LogP contribution is -2.40. The van der Waals surface area contributed by atoms with Crippen LogP contribution in [0.15, 0.2) is 98.6 Å². The second-order valence-corrected chi connectivity index (χ2v) is 11.6. The largest absolute Gasteiger partial charge is 0.463 e. The van der Waals surface area contributed by atoms with E-state index in [2.05, 4.69) is 0 Å². The fourth-order valence-corrected chi connectivity index (χ4v) is 6.46. The summed E-state index contributed by atoms with van der Waals surface area (Å²) in [4.78, 5) is 33.1. The molecule has 1 atom stereocenters. The van der Waals surface area contributed by atoms with E-state index in [0.717, 1.165) is 16.7 Å². The number of nitrogens with zero attached hydrogens (tertiary/aromatic N) is 2. The van der Waals surface area contributed by atoms with Crippen molar-refractivity contribution in [2.75, 3.05) is 13.4 Å². The van der Waals surface area contributed by atoms with Crippen molar-refractivity contribution in [1.82, 2.24) is 4.57 Å². The van der Waals surface area contributed by atoms with Gasteiger partial charge in [0.15, 0.2) is 16.3 Å². The Morgan fingerprint density at radius 3 is 2.66 bits per heavy atom. The predicted octanol–water partition coefficient (Wildman–Crippen LogP) is 5.89. The van der Waals surface area contributed by atoms with Crippen molar-refractivity contribution >= 4 is 40.7 Å². The van der Waals surface area contributed by atoms with E-state index < -0.39 is 12.0 Å². The average Bonchev–Trinajstić information content (AvgIpc) is 3.77. The highest BCUT2D eigenvalue weighted by Crippen LogP contribution is 2.40. The zero-order valence-electron chi connectivity index (χ0n) is 23.7. The molecule has 2 aliphatic rings. The molecule has 7 rings (SSSR count). The van der Waals surface area contributed by atoms with Gasteiger partial charge >= 0.3 is 5.97 Å². The van der Waals surface area contributed by atoms with Crippen LogP contribution in [0.3, 0.4) is 0 Å². The Hall–Kier alpha value is -4.86. The zero-order valence-corrected chi connectivity index (χ0v) is 25.3. The van der Waals surface area contributed by atoms with Crippen LogP contribution in [-0.2, 0) is 9.53 Å². The van der Waals surface area contributed by atoms with E-state index in [1.807, 2.05) is 67.6 Å². The molecule has 0 fully saturated rings. The molecule has 2 aliphatic heterocycles. The van der Waals surface area contributed by atoms with Gasteiger partial charge in [0.25, 0.3) is 5.56 Å². The number of fused-ring (bicyclic) bond motifs is 2. The van der Waals surface area contributed by atoms with Crippen molar-refractivity contribution in [2.45, 2.75) is 19.9 Å². The number of aryl methyl sites for hydroxylation is 1. The molecule has 44 heavy (non-hydrogen) atoms. The molecule has 0 amide bonds. The number of aromatic nitrogens is 1. The molecule has 5 aromatic rings. The van der Waals surface area contributed by atoms with Crippen LogP contribution in [0.25, 0.3) is 23.1 Å². The Morgan fingerprint density at radius 2 is 1.86 bits per heavy atom. The number of benzene rings is 3. The van der Waals surface area contributed by atoms with Gasteiger partial charge in [0.1, 0.15) is 11.5 Å². The smallest absolute Gasteiger partial charge is 0.338 e. The quantitative estimate of drug-likeness (QED) is 0.219. The molecule has 0 N–H and O–H groups in total. The van der Waals surface area contributed by atoms with Crippen molar-refractivity contribution in [2.24, 2.45) is 4.99 Å². The number of hydrogen-bond donors (Lipinski definition) is 0. The van der Waals surface area contributed by atoms with Crippen LogP contribution in [0.4, 0.5) is 0 Å². The number of ether oxygens (including phenoxy) is 3. The summed E-state index contributed by atoms with van der Waals surface area (Å²) in [5.74, 6) is 1.69. The molecule has 2 aromatic heterocycles. The highest BCUT2D eigenvalue weighted by atomic mass is 35.5. The Labute approximate surface area is 260 Å². The highest BCUT2D eigenvalue weighted by Gasteiger charge is 2.36. The molecule has 0 aliphatic carbocycles. The van der Waals surface area contributed by atoms with Crippen LogP contribution < -0.4 is 24.4 Å². The number of esters is 1. The lowest BCUT2D eigenvalue weighted by Gasteiger charge is -2.26. The minimum absolute atomic E-state index is 0.0946. The number of halogens is 1. The lowest BCUT2D eigenvalue weighted by molar-refractivity contribution is -0.138. The molecule has 0 saturated heterocycles. The molecule has 0 bridgehead atoms. The Bertz CT molecular complexity index is 2140. The fourth-order valence-electron chi connectivity index (χ4n) is 5.30. The summed E-state index contributed by atoms with van der Waals surface area (Å²) in [5.41, 5.74) is 3.56. The Morgan fingerprint density at radius 1 is 1.05 bits per heavy atom. The summed E-state index contributed by atoms with van der Waals surface area (Å²) >= 11 is 7.55. The summed E-state index contributed by atoms with van der Waals surface area (Å²) in [6, 6.07) is 23.3. The zero-order chi connectivity index (χ0) is 30.4. The van der Waals surface area contributed by atoms with Gasteiger partial charge in [0.05, 0.1) is 28.5 Å². The van der Waals surface area contributed by atoms with Gasteiger partial charge in [-0.2, -0.15) is 0 Å². The van der Waals surface area contributed by atoms with Gasteiger partial charge in [-0.25, -0.2) is 9.79 Å². The maximum atomic E-state index is 14.2. The van der Waals surface area contributed by atoms with E-state index >= 15 is 0 Å². The first-order valence-corrected chi connectivity index (χ1v) is 15.1. The first-order chi connectivity index (χ1) is 21.4. The molecule has 0 saturated carbocycles. The molecule has 1 unspecified atom stereocenters. The van der Waals surface area contributed by atoms with Gasteiger partial charge in [-0.15, -0.1) is 0 Å². The van der Waals surface area contributed by atoms with Gasteiger partial charge in [0.2, 0.25) is 6.79 Å². The molecule has 220 valence electrons. The van der Waals surface area contributed by atoms with Crippen LogP contribution in [-0.4, -0.2) is 23.9 Å². The first-order valence-electron chi connectivity index (χ1n) is 14.0. The molecule has 10 heteroatoms. The van der Waals surface area contributed by atoms with Gasteiger partial charge in [-0.05, 0) is 55.3 Å². The second kappa shape index (κ2) is 11.3. The predicted molar refractivity (Wildman–Crippen MR) is 168 cm³/mol. The van der Waals surface area contributed by atoms with Crippen molar-refractivity contribution < 1.29 is 23.4 Å². The fraction of sp³-hybridized carbons (Fsp3) is 0.147. The third-order valence-corrected chi connectivity index (χ3v) is 8.83. The summed E-state index contributed by atoms with van der Waals surface area (Å²) in [6.45, 7) is 3.94. The lowest BCUT2D eigenvalue weighted by atomic mass is 9.93. The van der Waals surface area contributed by atoms with Gasteiger partial charge < -0.3 is 18.6 Å².